The van der Waals surface area contributed by atoms with Crippen molar-refractivity contribution in [3.63, 3.8) is 0 Å². The van der Waals surface area contributed by atoms with Crippen LogP contribution in [0.5, 0.6) is 0 Å². The first-order valence-electron chi connectivity index (χ1n) is 5.35. The molecule has 11 heteroatoms. The van der Waals surface area contributed by atoms with Gasteiger partial charge in [0.2, 0.25) is 0 Å². The third-order valence-electron chi connectivity index (χ3n) is 2.18. The molecule has 9 nitrogen and oxygen atoms in total. The van der Waals surface area contributed by atoms with Crippen LogP contribution in [0.4, 0.5) is 0 Å². The van der Waals surface area contributed by atoms with Crippen molar-refractivity contribution in [3.05, 3.63) is 23.8 Å². The van der Waals surface area contributed by atoms with Gasteiger partial charge in [-0.1, -0.05) is 12.2 Å². The Labute approximate surface area is 115 Å². The summed E-state index contributed by atoms with van der Waals surface area (Å²) in [5.41, 5.74) is 0. The first-order chi connectivity index (χ1) is 8.92. The van der Waals surface area contributed by atoms with E-state index in [-0.39, 0.29) is 13.1 Å². The summed E-state index contributed by atoms with van der Waals surface area (Å²) in [6.07, 6.45) is 2.21. The molecule has 0 spiro atoms. The topological polar surface area (TPSA) is 156 Å². The maximum Gasteiger partial charge on any atom is 0.348 e. The highest BCUT2D eigenvalue weighted by Gasteiger charge is 2.19. The Morgan fingerprint density at radius 3 is 1.65 bits per heavy atom. The van der Waals surface area contributed by atoms with Crippen molar-refractivity contribution in [1.82, 2.24) is 4.90 Å². The Kier molecular flexibility index (Phi) is 7.54. The van der Waals surface area contributed by atoms with Crippen LogP contribution in [0.1, 0.15) is 6.92 Å². The van der Waals surface area contributed by atoms with Crippen LogP contribution in [-0.4, -0.2) is 54.7 Å². The van der Waals surface area contributed by atoms with Crippen LogP contribution in [0.25, 0.3) is 0 Å². The van der Waals surface area contributed by atoms with Crippen LogP contribution in [0, 0.1) is 0 Å². The molecule has 20 heavy (non-hydrogen) atoms. The van der Waals surface area contributed by atoms with E-state index in [0.29, 0.717) is 11.6 Å². The lowest BCUT2D eigenvalue weighted by Gasteiger charge is -2.23. The van der Waals surface area contributed by atoms with Gasteiger partial charge in [0.15, 0.2) is 0 Å². The molecule has 0 rings (SSSR count). The summed E-state index contributed by atoms with van der Waals surface area (Å²) in [6, 6.07) is -0.988. The highest BCUT2D eigenvalue weighted by atomic mass is 31.2. The number of carboxylic acids is 1. The Balaban J connectivity index is 4.79. The van der Waals surface area contributed by atoms with E-state index in [4.69, 9.17) is 24.7 Å². The van der Waals surface area contributed by atoms with Crippen molar-refractivity contribution in [2.45, 2.75) is 13.0 Å². The van der Waals surface area contributed by atoms with Crippen molar-refractivity contribution >= 4 is 21.2 Å². The molecule has 116 valence electrons. The first kappa shape index (κ1) is 19.2. The van der Waals surface area contributed by atoms with E-state index in [2.05, 4.69) is 0 Å². The van der Waals surface area contributed by atoms with Gasteiger partial charge in [0.1, 0.15) is 6.04 Å². The minimum absolute atomic E-state index is 0.0932. The number of nitrogens with zero attached hydrogens (tertiary/aromatic N) is 1. The smallest absolute Gasteiger partial charge is 0.348 e. The van der Waals surface area contributed by atoms with Crippen LogP contribution in [-0.2, 0) is 13.9 Å². The zero-order valence-corrected chi connectivity index (χ0v) is 12.4. The Bertz CT molecular complexity index is 442. The Morgan fingerprint density at radius 2 is 1.40 bits per heavy atom. The van der Waals surface area contributed by atoms with Crippen molar-refractivity contribution < 1.29 is 38.6 Å². The second kappa shape index (κ2) is 7.85. The predicted octanol–water partition coefficient (Wildman–Crippen LogP) is 0.144. The highest BCUT2D eigenvalue weighted by Crippen LogP contribution is 2.36. The molecule has 0 aromatic heterocycles. The van der Waals surface area contributed by atoms with Crippen molar-refractivity contribution in [3.8, 4) is 0 Å². The molecule has 0 bridgehead atoms. The molecule has 0 radical (unpaired) electrons. The van der Waals surface area contributed by atoms with Gasteiger partial charge in [0, 0.05) is 24.7 Å². The highest BCUT2D eigenvalue weighted by molar-refractivity contribution is 7.55. The normalized spacial score (nSPS) is 15.3. The molecule has 5 N–H and O–H groups in total. The standard InChI is InChI=1S/C9H17NO8P2/c1-8(9(11)12)10(4-2-6-19(13,14)15)5-3-7-20(16,17)18/h2-3,6-8H,4-5H2,1H3,(H,11,12)(H2,13,14,15)(H2,16,17,18)/t8-/m0/s1. The van der Waals surface area contributed by atoms with Gasteiger partial charge >= 0.3 is 21.2 Å². The zero-order chi connectivity index (χ0) is 16.0. The summed E-state index contributed by atoms with van der Waals surface area (Å²) in [5, 5.41) is 8.87. The minimum atomic E-state index is -4.33. The number of hydrogen-bond donors (Lipinski definition) is 5. The second-order valence-electron chi connectivity index (χ2n) is 3.92. The van der Waals surface area contributed by atoms with Crippen LogP contribution in [0.3, 0.4) is 0 Å². The summed E-state index contributed by atoms with van der Waals surface area (Å²) >= 11 is 0. The van der Waals surface area contributed by atoms with E-state index in [0.717, 1.165) is 12.2 Å². The quantitative estimate of drug-likeness (QED) is 0.391. The molecule has 0 aliphatic carbocycles. The Morgan fingerprint density at radius 1 is 1.05 bits per heavy atom. The Hall–Kier alpha value is -0.790. The number of carbonyl (C=O) groups is 1. The van der Waals surface area contributed by atoms with E-state index < -0.39 is 27.2 Å². The molecule has 0 aliphatic heterocycles. The number of rotatable bonds is 8. The van der Waals surface area contributed by atoms with Crippen molar-refractivity contribution in [2.24, 2.45) is 0 Å². The molecule has 0 unspecified atom stereocenters. The van der Waals surface area contributed by atoms with Gasteiger partial charge in [-0.2, -0.15) is 0 Å². The molecule has 0 heterocycles. The SMILES string of the molecule is C[C@@H](C(=O)O)N(CC=CP(=O)(O)O)CC=CP(=O)(O)O. The van der Waals surface area contributed by atoms with Crippen LogP contribution < -0.4 is 0 Å². The van der Waals surface area contributed by atoms with Crippen molar-refractivity contribution in [1.29, 1.82) is 0 Å². The van der Waals surface area contributed by atoms with E-state index in [1.807, 2.05) is 0 Å². The van der Waals surface area contributed by atoms with Gasteiger partial charge in [-0.25, -0.2) is 0 Å². The summed E-state index contributed by atoms with van der Waals surface area (Å²) < 4.78 is 21.2. The fourth-order valence-electron chi connectivity index (χ4n) is 1.19. The molecular formula is C9H17NO8P2. The number of carboxylic acid groups (broad SMARTS) is 1. The maximum absolute atomic E-state index is 10.9. The molecule has 0 aliphatic rings. The van der Waals surface area contributed by atoms with E-state index in [1.165, 1.54) is 11.8 Å². The molecule has 0 aromatic rings. The van der Waals surface area contributed by atoms with Gasteiger partial charge in [0.25, 0.3) is 0 Å². The van der Waals surface area contributed by atoms with Gasteiger partial charge in [-0.3, -0.25) is 18.8 Å². The molecule has 0 amide bonds. The summed E-state index contributed by atoms with van der Waals surface area (Å²) in [6.45, 7) is 1.16. The van der Waals surface area contributed by atoms with Crippen LogP contribution in [0.15, 0.2) is 23.8 Å². The van der Waals surface area contributed by atoms with Crippen LogP contribution >= 0.6 is 15.2 Å². The summed E-state index contributed by atoms with van der Waals surface area (Å²) in [7, 11) is -8.65. The molecule has 0 fully saturated rings. The lowest BCUT2D eigenvalue weighted by Crippen LogP contribution is -2.39. The third kappa shape index (κ3) is 10.1. The lowest BCUT2D eigenvalue weighted by molar-refractivity contribution is -0.142. The molecule has 1 atom stereocenters. The van der Waals surface area contributed by atoms with Gasteiger partial charge in [-0.15, -0.1) is 0 Å². The minimum Gasteiger partial charge on any atom is -0.480 e. The molecule has 0 aromatic carbocycles. The third-order valence-corrected chi connectivity index (χ3v) is 3.38. The number of aliphatic carboxylic acids is 1. The predicted molar refractivity (Wildman–Crippen MR) is 71.0 cm³/mol. The fourth-order valence-corrected chi connectivity index (χ4v) is 1.92. The molecule has 0 saturated heterocycles. The van der Waals surface area contributed by atoms with E-state index >= 15 is 0 Å². The average Bonchev–Trinajstić information content (AvgIpc) is 2.22. The maximum atomic E-state index is 10.9. The molecule has 0 saturated carbocycles. The van der Waals surface area contributed by atoms with Gasteiger partial charge in [0.05, 0.1) is 0 Å². The van der Waals surface area contributed by atoms with Crippen molar-refractivity contribution in [2.75, 3.05) is 13.1 Å². The number of hydrogen-bond acceptors (Lipinski definition) is 4. The van der Waals surface area contributed by atoms with Gasteiger partial charge in [-0.05, 0) is 6.92 Å². The van der Waals surface area contributed by atoms with E-state index in [1.54, 1.807) is 0 Å². The summed E-state index contributed by atoms with van der Waals surface area (Å²) in [4.78, 5) is 46.7. The largest absolute Gasteiger partial charge is 0.480 e. The fraction of sp³-hybridized carbons (Fsp3) is 0.444. The second-order valence-corrected chi connectivity index (χ2v) is 6.87. The monoisotopic (exact) mass is 329 g/mol. The van der Waals surface area contributed by atoms with Crippen LogP contribution in [0.2, 0.25) is 0 Å². The molecular weight excluding hydrogens is 312 g/mol. The average molecular weight is 329 g/mol. The lowest BCUT2D eigenvalue weighted by atomic mass is 10.3. The summed E-state index contributed by atoms with van der Waals surface area (Å²) in [5.74, 6) is 0.113. The zero-order valence-electron chi connectivity index (χ0n) is 10.6. The van der Waals surface area contributed by atoms with Gasteiger partial charge < -0.3 is 24.7 Å². The van der Waals surface area contributed by atoms with E-state index in [9.17, 15) is 13.9 Å². The first-order valence-corrected chi connectivity index (χ1v) is 8.71.